The van der Waals surface area contributed by atoms with E-state index in [0.29, 0.717) is 16.2 Å². The van der Waals surface area contributed by atoms with Crippen molar-refractivity contribution >= 4 is 50.5 Å². The molecule has 1 saturated carbocycles. The van der Waals surface area contributed by atoms with E-state index in [1.54, 1.807) is 0 Å². The fourth-order valence-electron chi connectivity index (χ4n) is 2.65. The van der Waals surface area contributed by atoms with Crippen LogP contribution in [0.5, 0.6) is 0 Å². The minimum Gasteiger partial charge on any atom is -0.111 e. The van der Waals surface area contributed by atoms with Crippen molar-refractivity contribution in [1.82, 2.24) is 0 Å². The van der Waals surface area contributed by atoms with Gasteiger partial charge in [0, 0.05) is 4.83 Å². The SMILES string of the molecule is CC1(C)CCCC1C(Br)c1cc(Cl)sc1Cl. The van der Waals surface area contributed by atoms with E-state index in [1.165, 1.54) is 30.6 Å². The molecular formula is C12H15BrCl2S. The van der Waals surface area contributed by atoms with Crippen LogP contribution in [-0.4, -0.2) is 0 Å². The van der Waals surface area contributed by atoms with Gasteiger partial charge in [0.2, 0.25) is 0 Å². The topological polar surface area (TPSA) is 0 Å². The minimum absolute atomic E-state index is 0.334. The van der Waals surface area contributed by atoms with Gasteiger partial charge in [-0.2, -0.15) is 0 Å². The van der Waals surface area contributed by atoms with Gasteiger partial charge in [-0.25, -0.2) is 0 Å². The van der Waals surface area contributed by atoms with E-state index >= 15 is 0 Å². The molecule has 0 saturated heterocycles. The summed E-state index contributed by atoms with van der Waals surface area (Å²) in [7, 11) is 0. The Morgan fingerprint density at radius 3 is 2.62 bits per heavy atom. The first kappa shape index (κ1) is 13.2. The predicted molar refractivity (Wildman–Crippen MR) is 77.1 cm³/mol. The second-order valence-electron chi connectivity index (χ2n) is 5.17. The quantitative estimate of drug-likeness (QED) is 0.552. The van der Waals surface area contributed by atoms with Crippen LogP contribution in [0.25, 0.3) is 0 Å². The van der Waals surface area contributed by atoms with Gasteiger partial charge in [-0.3, -0.25) is 0 Å². The van der Waals surface area contributed by atoms with Crippen LogP contribution in [-0.2, 0) is 0 Å². The third kappa shape index (κ3) is 2.45. The summed E-state index contributed by atoms with van der Waals surface area (Å²) in [4.78, 5) is 0.334. The molecule has 2 unspecified atom stereocenters. The van der Waals surface area contributed by atoms with Gasteiger partial charge < -0.3 is 0 Å². The molecule has 1 fully saturated rings. The Labute approximate surface area is 119 Å². The Kier molecular flexibility index (Phi) is 3.95. The number of thiophene rings is 1. The summed E-state index contributed by atoms with van der Waals surface area (Å²) in [6, 6.07) is 2.00. The molecule has 1 aromatic rings. The highest BCUT2D eigenvalue weighted by atomic mass is 79.9. The zero-order valence-corrected chi connectivity index (χ0v) is 13.3. The number of hydrogen-bond donors (Lipinski definition) is 0. The molecule has 1 aromatic heterocycles. The van der Waals surface area contributed by atoms with Crippen molar-refractivity contribution in [3.63, 3.8) is 0 Å². The average molecular weight is 342 g/mol. The number of rotatable bonds is 2. The first-order valence-corrected chi connectivity index (χ1v) is 7.99. The Morgan fingerprint density at radius 1 is 1.50 bits per heavy atom. The standard InChI is InChI=1S/C12H15BrCl2S/c1-12(2)5-3-4-8(12)10(13)7-6-9(14)16-11(7)15/h6,8,10H,3-5H2,1-2H3. The van der Waals surface area contributed by atoms with Gasteiger partial charge in [0.1, 0.15) is 0 Å². The molecule has 0 bridgehead atoms. The third-order valence-electron chi connectivity index (χ3n) is 3.67. The lowest BCUT2D eigenvalue weighted by Crippen LogP contribution is -2.21. The molecule has 0 nitrogen and oxygen atoms in total. The van der Waals surface area contributed by atoms with E-state index in [-0.39, 0.29) is 0 Å². The van der Waals surface area contributed by atoms with Crippen molar-refractivity contribution < 1.29 is 0 Å². The molecule has 0 aromatic carbocycles. The van der Waals surface area contributed by atoms with Crippen LogP contribution in [0.4, 0.5) is 0 Å². The van der Waals surface area contributed by atoms with E-state index in [1.807, 2.05) is 6.07 Å². The fourth-order valence-corrected chi connectivity index (χ4v) is 5.83. The van der Waals surface area contributed by atoms with E-state index in [2.05, 4.69) is 29.8 Å². The predicted octanol–water partition coefficient (Wildman–Crippen LogP) is 6.32. The molecular weight excluding hydrogens is 327 g/mol. The Morgan fingerprint density at radius 2 is 2.19 bits per heavy atom. The van der Waals surface area contributed by atoms with Crippen molar-refractivity contribution in [2.45, 2.75) is 37.9 Å². The summed E-state index contributed by atoms with van der Waals surface area (Å²) in [5.74, 6) is 0.649. The summed E-state index contributed by atoms with van der Waals surface area (Å²) in [5, 5.41) is 0. The summed E-state index contributed by atoms with van der Waals surface area (Å²) in [6.45, 7) is 4.70. The smallest absolute Gasteiger partial charge is 0.0987 e. The lowest BCUT2D eigenvalue weighted by atomic mass is 9.79. The van der Waals surface area contributed by atoms with E-state index in [9.17, 15) is 0 Å². The maximum absolute atomic E-state index is 6.22. The Bertz CT molecular complexity index is 386. The molecule has 4 heteroatoms. The summed E-state index contributed by atoms with van der Waals surface area (Å²) in [5.41, 5.74) is 1.56. The maximum atomic E-state index is 6.22. The third-order valence-corrected chi connectivity index (χ3v) is 6.32. The summed E-state index contributed by atoms with van der Waals surface area (Å²) >= 11 is 17.5. The highest BCUT2D eigenvalue weighted by Crippen LogP contribution is 2.54. The normalized spacial score (nSPS) is 25.9. The highest BCUT2D eigenvalue weighted by Gasteiger charge is 2.39. The Balaban J connectivity index is 2.25. The monoisotopic (exact) mass is 340 g/mol. The molecule has 0 aliphatic heterocycles. The zero-order valence-electron chi connectivity index (χ0n) is 9.40. The molecule has 90 valence electrons. The first-order chi connectivity index (χ1) is 7.42. The van der Waals surface area contributed by atoms with Crippen molar-refractivity contribution in [3.8, 4) is 0 Å². The van der Waals surface area contributed by atoms with Crippen LogP contribution >= 0.6 is 50.5 Å². The van der Waals surface area contributed by atoms with Crippen LogP contribution in [0.3, 0.4) is 0 Å². The molecule has 0 spiro atoms. The summed E-state index contributed by atoms with van der Waals surface area (Å²) in [6.07, 6.45) is 3.89. The molecule has 1 aliphatic rings. The van der Waals surface area contributed by atoms with Gasteiger partial charge in [0.05, 0.1) is 8.67 Å². The van der Waals surface area contributed by atoms with E-state index < -0.39 is 0 Å². The van der Waals surface area contributed by atoms with E-state index in [4.69, 9.17) is 23.2 Å². The second kappa shape index (κ2) is 4.79. The van der Waals surface area contributed by atoms with Gasteiger partial charge in [0.25, 0.3) is 0 Å². The lowest BCUT2D eigenvalue weighted by Gasteiger charge is -2.31. The number of alkyl halides is 1. The van der Waals surface area contributed by atoms with Gasteiger partial charge in [0.15, 0.2) is 0 Å². The van der Waals surface area contributed by atoms with Gasteiger partial charge >= 0.3 is 0 Å². The van der Waals surface area contributed by atoms with Crippen LogP contribution in [0.2, 0.25) is 8.67 Å². The van der Waals surface area contributed by atoms with Crippen molar-refractivity contribution in [2.75, 3.05) is 0 Å². The van der Waals surface area contributed by atoms with Crippen LogP contribution in [0.15, 0.2) is 6.07 Å². The van der Waals surface area contributed by atoms with E-state index in [0.717, 1.165) is 14.2 Å². The largest absolute Gasteiger partial charge is 0.111 e. The molecule has 1 aliphatic carbocycles. The molecule has 2 rings (SSSR count). The lowest BCUT2D eigenvalue weighted by molar-refractivity contribution is 0.257. The first-order valence-electron chi connectivity index (χ1n) is 5.50. The maximum Gasteiger partial charge on any atom is 0.0987 e. The number of hydrogen-bond acceptors (Lipinski definition) is 1. The second-order valence-corrected chi connectivity index (χ2v) is 8.44. The van der Waals surface area contributed by atoms with Gasteiger partial charge in [-0.05, 0) is 35.8 Å². The zero-order chi connectivity index (χ0) is 11.9. The van der Waals surface area contributed by atoms with Gasteiger partial charge in [-0.15, -0.1) is 11.3 Å². The van der Waals surface area contributed by atoms with Crippen molar-refractivity contribution in [2.24, 2.45) is 11.3 Å². The minimum atomic E-state index is 0.334. The molecule has 16 heavy (non-hydrogen) atoms. The molecule has 0 N–H and O–H groups in total. The summed E-state index contributed by atoms with van der Waals surface area (Å²) < 4.78 is 1.61. The van der Waals surface area contributed by atoms with Crippen molar-refractivity contribution in [1.29, 1.82) is 0 Å². The van der Waals surface area contributed by atoms with Crippen LogP contribution in [0, 0.1) is 11.3 Å². The fraction of sp³-hybridized carbons (Fsp3) is 0.667. The molecule has 0 amide bonds. The highest BCUT2D eigenvalue weighted by molar-refractivity contribution is 9.09. The average Bonchev–Trinajstić information content (AvgIpc) is 2.68. The molecule has 0 radical (unpaired) electrons. The molecule has 2 atom stereocenters. The van der Waals surface area contributed by atoms with Crippen LogP contribution < -0.4 is 0 Å². The number of halogens is 3. The van der Waals surface area contributed by atoms with Crippen molar-refractivity contribution in [3.05, 3.63) is 20.3 Å². The molecule has 1 heterocycles. The van der Waals surface area contributed by atoms with Gasteiger partial charge in [-0.1, -0.05) is 59.4 Å². The Hall–Kier alpha value is 0.760. The van der Waals surface area contributed by atoms with Crippen LogP contribution in [0.1, 0.15) is 43.5 Å².